The molecule has 0 aromatic carbocycles. The summed E-state index contributed by atoms with van der Waals surface area (Å²) >= 11 is 0. The molecule has 0 radical (unpaired) electrons. The molecule has 2 atom stereocenters. The van der Waals surface area contributed by atoms with Crippen LogP contribution in [0, 0.1) is 5.92 Å². The Morgan fingerprint density at radius 1 is 1.23 bits per heavy atom. The summed E-state index contributed by atoms with van der Waals surface area (Å²) in [6, 6.07) is 2.70. The summed E-state index contributed by atoms with van der Waals surface area (Å²) in [5, 5.41) is 3.08. The molecule has 1 aliphatic carbocycles. The minimum atomic E-state index is -4.37. The van der Waals surface area contributed by atoms with E-state index in [2.05, 4.69) is 10.3 Å². The average Bonchev–Trinajstić information content (AvgIpc) is 2.99. The van der Waals surface area contributed by atoms with Crippen molar-refractivity contribution >= 4 is 11.7 Å². The number of alkyl halides is 3. The number of carbonyl (C=O) groups excluding carboxylic acids is 1. The van der Waals surface area contributed by atoms with E-state index in [1.54, 1.807) is 0 Å². The van der Waals surface area contributed by atoms with Gasteiger partial charge in [0.15, 0.2) is 0 Å². The number of carbonyl (C=O) groups is 1. The monoisotopic (exact) mass is 370 g/mol. The number of rotatable bonds is 4. The quantitative estimate of drug-likeness (QED) is 0.855. The van der Waals surface area contributed by atoms with E-state index in [0.717, 1.165) is 44.4 Å². The van der Waals surface area contributed by atoms with Gasteiger partial charge in [0.1, 0.15) is 5.82 Å². The number of nitrogens with zero attached hydrogens (tertiary/aromatic N) is 2. The lowest BCUT2D eigenvalue weighted by Crippen LogP contribution is -2.45. The Morgan fingerprint density at radius 3 is 2.50 bits per heavy atom. The normalized spacial score (nSPS) is 24.7. The Kier molecular flexibility index (Phi) is 5.70. The zero-order valence-electron chi connectivity index (χ0n) is 14.6. The van der Waals surface area contributed by atoms with Crippen molar-refractivity contribution in [1.29, 1.82) is 0 Å². The minimum Gasteiger partial charge on any atom is -0.356 e. The number of aromatic nitrogens is 1. The average molecular weight is 370 g/mol. The van der Waals surface area contributed by atoms with Crippen LogP contribution >= 0.6 is 0 Å². The van der Waals surface area contributed by atoms with E-state index in [1.165, 1.54) is 6.07 Å². The number of hydrogen-bond donors (Lipinski definition) is 2. The molecule has 3 N–H and O–H groups in total. The number of amides is 1. The van der Waals surface area contributed by atoms with E-state index < -0.39 is 11.7 Å². The molecule has 1 amide bonds. The molecule has 8 heteroatoms. The van der Waals surface area contributed by atoms with Gasteiger partial charge in [0.05, 0.1) is 5.56 Å². The fourth-order valence-corrected chi connectivity index (χ4v) is 3.84. The van der Waals surface area contributed by atoms with Crippen LogP contribution in [0.25, 0.3) is 0 Å². The number of hydrogen-bond acceptors (Lipinski definition) is 4. The fraction of sp³-hybridized carbons (Fsp3) is 0.667. The summed E-state index contributed by atoms with van der Waals surface area (Å²) in [4.78, 5) is 18.1. The molecule has 2 fully saturated rings. The third kappa shape index (κ3) is 4.66. The number of piperidine rings is 1. The van der Waals surface area contributed by atoms with Crippen LogP contribution in [0.1, 0.15) is 44.1 Å². The smallest absolute Gasteiger partial charge is 0.356 e. The van der Waals surface area contributed by atoms with Gasteiger partial charge in [-0.1, -0.05) is 6.42 Å². The third-order valence-corrected chi connectivity index (χ3v) is 5.42. The Morgan fingerprint density at radius 2 is 1.96 bits per heavy atom. The molecule has 0 unspecified atom stereocenters. The molecule has 1 aromatic rings. The van der Waals surface area contributed by atoms with Gasteiger partial charge in [0.2, 0.25) is 5.91 Å². The molecule has 0 spiro atoms. The summed E-state index contributed by atoms with van der Waals surface area (Å²) < 4.78 is 37.8. The first-order chi connectivity index (χ1) is 12.3. The predicted octanol–water partition coefficient (Wildman–Crippen LogP) is 2.70. The number of pyridine rings is 1. The second-order valence-corrected chi connectivity index (χ2v) is 7.29. The Hall–Kier alpha value is -1.83. The van der Waals surface area contributed by atoms with Gasteiger partial charge in [-0.15, -0.1) is 0 Å². The van der Waals surface area contributed by atoms with Crippen LogP contribution in [-0.4, -0.2) is 36.1 Å². The van der Waals surface area contributed by atoms with Crippen molar-refractivity contribution in [2.45, 2.75) is 56.8 Å². The van der Waals surface area contributed by atoms with Crippen LogP contribution in [0.15, 0.2) is 18.3 Å². The topological polar surface area (TPSA) is 71.2 Å². The highest BCUT2D eigenvalue weighted by atomic mass is 19.4. The number of anilines is 1. The van der Waals surface area contributed by atoms with Crippen LogP contribution in [0.2, 0.25) is 0 Å². The Labute approximate surface area is 151 Å². The van der Waals surface area contributed by atoms with E-state index in [4.69, 9.17) is 5.73 Å². The van der Waals surface area contributed by atoms with Crippen molar-refractivity contribution in [1.82, 2.24) is 10.3 Å². The van der Waals surface area contributed by atoms with E-state index in [-0.39, 0.29) is 23.9 Å². The first kappa shape index (κ1) is 18.9. The van der Waals surface area contributed by atoms with Gasteiger partial charge >= 0.3 is 6.18 Å². The molecule has 1 aromatic heterocycles. The van der Waals surface area contributed by atoms with Gasteiger partial charge in [-0.2, -0.15) is 13.2 Å². The fourth-order valence-electron chi connectivity index (χ4n) is 3.84. The van der Waals surface area contributed by atoms with Gasteiger partial charge in [0.25, 0.3) is 0 Å². The summed E-state index contributed by atoms with van der Waals surface area (Å²) in [5.74, 6) is 0.879. The Balaban J connectivity index is 1.46. The lowest BCUT2D eigenvalue weighted by molar-refractivity contribution is -0.137. The van der Waals surface area contributed by atoms with Crippen LogP contribution in [0.4, 0.5) is 19.0 Å². The molecule has 0 bridgehead atoms. The number of halogens is 3. The van der Waals surface area contributed by atoms with E-state index in [9.17, 15) is 18.0 Å². The maximum Gasteiger partial charge on any atom is 0.417 e. The third-order valence-electron chi connectivity index (χ3n) is 5.42. The predicted molar refractivity (Wildman–Crippen MR) is 92.6 cm³/mol. The van der Waals surface area contributed by atoms with Gasteiger partial charge in [0, 0.05) is 37.8 Å². The highest BCUT2D eigenvalue weighted by molar-refractivity contribution is 5.76. The molecule has 1 saturated heterocycles. The van der Waals surface area contributed by atoms with Crippen molar-refractivity contribution in [3.8, 4) is 0 Å². The summed E-state index contributed by atoms with van der Waals surface area (Å²) in [6.07, 6.45) is 1.61. The molecule has 144 valence electrons. The first-order valence-corrected chi connectivity index (χ1v) is 9.16. The molecule has 3 rings (SSSR count). The SMILES string of the molecule is N[C@@H]1CCC[C@H]1CC(=O)NC1CCN(c2ccc(C(F)(F)F)cn2)CC1. The van der Waals surface area contributed by atoms with Crippen LogP contribution in [0.5, 0.6) is 0 Å². The van der Waals surface area contributed by atoms with Crippen molar-refractivity contribution in [3.05, 3.63) is 23.9 Å². The van der Waals surface area contributed by atoms with Crippen molar-refractivity contribution in [2.75, 3.05) is 18.0 Å². The van der Waals surface area contributed by atoms with Gasteiger partial charge < -0.3 is 16.0 Å². The zero-order valence-corrected chi connectivity index (χ0v) is 14.6. The summed E-state index contributed by atoms with van der Waals surface area (Å²) in [7, 11) is 0. The van der Waals surface area contributed by atoms with E-state index >= 15 is 0 Å². The largest absolute Gasteiger partial charge is 0.417 e. The lowest BCUT2D eigenvalue weighted by atomic mass is 9.98. The highest BCUT2D eigenvalue weighted by Crippen LogP contribution is 2.30. The summed E-state index contributed by atoms with van der Waals surface area (Å²) in [6.45, 7) is 1.32. The zero-order chi connectivity index (χ0) is 18.7. The number of nitrogens with two attached hydrogens (primary N) is 1. The van der Waals surface area contributed by atoms with Crippen LogP contribution < -0.4 is 16.0 Å². The molecule has 26 heavy (non-hydrogen) atoms. The summed E-state index contributed by atoms with van der Waals surface area (Å²) in [5.41, 5.74) is 5.27. The molecule has 1 saturated carbocycles. The molecule has 5 nitrogen and oxygen atoms in total. The van der Waals surface area contributed by atoms with Gasteiger partial charge in [-0.25, -0.2) is 4.98 Å². The molecule has 2 heterocycles. The molecule has 2 aliphatic rings. The van der Waals surface area contributed by atoms with Gasteiger partial charge in [-0.3, -0.25) is 4.79 Å². The molecular formula is C18H25F3N4O. The van der Waals surface area contributed by atoms with Crippen LogP contribution in [0.3, 0.4) is 0 Å². The standard InChI is InChI=1S/C18H25F3N4O/c19-18(20,21)13-4-5-16(23-11-13)25-8-6-14(7-9-25)24-17(26)10-12-2-1-3-15(12)22/h4-5,11-12,14-15H,1-3,6-10,22H2,(H,24,26)/t12-,15+/m0/s1. The van der Waals surface area contributed by atoms with Crippen molar-refractivity contribution < 1.29 is 18.0 Å². The van der Waals surface area contributed by atoms with Gasteiger partial charge in [-0.05, 0) is 43.7 Å². The lowest BCUT2D eigenvalue weighted by Gasteiger charge is -2.33. The second-order valence-electron chi connectivity index (χ2n) is 7.29. The van der Waals surface area contributed by atoms with E-state index in [1.807, 2.05) is 4.90 Å². The highest BCUT2D eigenvalue weighted by Gasteiger charge is 2.31. The number of nitrogens with one attached hydrogen (secondary N) is 1. The van der Waals surface area contributed by atoms with E-state index in [0.29, 0.717) is 25.3 Å². The molecule has 1 aliphatic heterocycles. The maximum absolute atomic E-state index is 12.6. The maximum atomic E-state index is 12.6. The van der Waals surface area contributed by atoms with Crippen molar-refractivity contribution in [2.24, 2.45) is 11.7 Å². The second kappa shape index (κ2) is 7.82. The molecular weight excluding hydrogens is 345 g/mol. The van der Waals surface area contributed by atoms with Crippen LogP contribution in [-0.2, 0) is 11.0 Å². The van der Waals surface area contributed by atoms with Crippen molar-refractivity contribution in [3.63, 3.8) is 0 Å². The Bertz CT molecular complexity index is 612. The minimum absolute atomic E-state index is 0.0541. The first-order valence-electron chi connectivity index (χ1n) is 9.16.